The molecule has 0 aliphatic rings. The molecular formula is C11H15N5OS. The molecule has 2 heterocycles. The number of aryl methyl sites for hydroxylation is 1. The van der Waals surface area contributed by atoms with Gasteiger partial charge in [0, 0.05) is 26.5 Å². The molecule has 0 atom stereocenters. The SMILES string of the molecule is CN(Cc1nccn1C)c1cc(N)c(C(N)=O)s1. The topological polar surface area (TPSA) is 90.2 Å². The highest BCUT2D eigenvalue weighted by Crippen LogP contribution is 2.31. The van der Waals surface area contributed by atoms with Gasteiger partial charge in [0.2, 0.25) is 0 Å². The van der Waals surface area contributed by atoms with Gasteiger partial charge in [0.05, 0.1) is 17.2 Å². The van der Waals surface area contributed by atoms with Gasteiger partial charge in [0.1, 0.15) is 10.7 Å². The Kier molecular flexibility index (Phi) is 3.24. The molecule has 1 amide bonds. The van der Waals surface area contributed by atoms with Crippen LogP contribution in [0.25, 0.3) is 0 Å². The summed E-state index contributed by atoms with van der Waals surface area (Å²) in [6.07, 6.45) is 3.64. The molecule has 96 valence electrons. The molecule has 0 spiro atoms. The lowest BCUT2D eigenvalue weighted by Gasteiger charge is -2.16. The zero-order valence-corrected chi connectivity index (χ0v) is 11.1. The highest BCUT2D eigenvalue weighted by molar-refractivity contribution is 7.18. The first-order valence-corrected chi connectivity index (χ1v) is 6.17. The second-order valence-corrected chi connectivity index (χ2v) is 5.07. The van der Waals surface area contributed by atoms with Crippen LogP contribution in [0.1, 0.15) is 15.5 Å². The maximum atomic E-state index is 11.1. The molecule has 0 aromatic carbocycles. The van der Waals surface area contributed by atoms with Gasteiger partial charge in [-0.1, -0.05) is 0 Å². The van der Waals surface area contributed by atoms with Gasteiger partial charge in [0.15, 0.2) is 0 Å². The molecule has 2 rings (SSSR count). The summed E-state index contributed by atoms with van der Waals surface area (Å²) in [4.78, 5) is 17.8. The number of primary amides is 1. The number of aromatic nitrogens is 2. The minimum Gasteiger partial charge on any atom is -0.397 e. The zero-order valence-electron chi connectivity index (χ0n) is 10.3. The summed E-state index contributed by atoms with van der Waals surface area (Å²) < 4.78 is 1.95. The molecule has 18 heavy (non-hydrogen) atoms. The molecule has 6 nitrogen and oxygen atoms in total. The van der Waals surface area contributed by atoms with Gasteiger partial charge in [-0.3, -0.25) is 4.79 Å². The van der Waals surface area contributed by atoms with Crippen molar-refractivity contribution in [1.29, 1.82) is 0 Å². The number of hydrogen-bond acceptors (Lipinski definition) is 5. The molecule has 2 aromatic rings. The lowest BCUT2D eigenvalue weighted by atomic mass is 10.4. The number of thiophene rings is 1. The van der Waals surface area contributed by atoms with Crippen LogP contribution in [0, 0.1) is 0 Å². The standard InChI is InChI=1S/C11H15N5OS/c1-15-4-3-14-8(15)6-16(2)9-5-7(12)10(18-9)11(13)17/h3-5H,6,12H2,1-2H3,(H2,13,17). The van der Waals surface area contributed by atoms with Crippen molar-refractivity contribution in [1.82, 2.24) is 9.55 Å². The zero-order chi connectivity index (χ0) is 13.3. The highest BCUT2D eigenvalue weighted by Gasteiger charge is 2.14. The van der Waals surface area contributed by atoms with E-state index >= 15 is 0 Å². The van der Waals surface area contributed by atoms with Crippen LogP contribution in [0.4, 0.5) is 10.7 Å². The minimum absolute atomic E-state index is 0.400. The number of anilines is 2. The van der Waals surface area contributed by atoms with Crippen molar-refractivity contribution in [3.8, 4) is 0 Å². The Hall–Kier alpha value is -2.02. The molecule has 0 radical (unpaired) electrons. The second-order valence-electron chi connectivity index (χ2n) is 4.04. The molecule has 4 N–H and O–H groups in total. The van der Waals surface area contributed by atoms with Gasteiger partial charge in [-0.25, -0.2) is 4.98 Å². The molecule has 0 fully saturated rings. The summed E-state index contributed by atoms with van der Waals surface area (Å²) in [6, 6.07) is 1.76. The number of imidazole rings is 1. The van der Waals surface area contributed by atoms with E-state index in [2.05, 4.69) is 4.98 Å². The van der Waals surface area contributed by atoms with E-state index in [-0.39, 0.29) is 0 Å². The van der Waals surface area contributed by atoms with Gasteiger partial charge < -0.3 is 20.9 Å². The number of nitrogens with two attached hydrogens (primary N) is 2. The van der Waals surface area contributed by atoms with Crippen LogP contribution in [0.3, 0.4) is 0 Å². The van der Waals surface area contributed by atoms with Crippen molar-refractivity contribution in [2.24, 2.45) is 12.8 Å². The van der Waals surface area contributed by atoms with Crippen LogP contribution in [-0.2, 0) is 13.6 Å². The van der Waals surface area contributed by atoms with Crippen molar-refractivity contribution in [2.75, 3.05) is 17.7 Å². The molecule has 2 aromatic heterocycles. The summed E-state index contributed by atoms with van der Waals surface area (Å²) in [6.45, 7) is 0.641. The van der Waals surface area contributed by atoms with Crippen LogP contribution in [0.5, 0.6) is 0 Å². The van der Waals surface area contributed by atoms with E-state index in [1.807, 2.05) is 29.8 Å². The van der Waals surface area contributed by atoms with Gasteiger partial charge in [-0.15, -0.1) is 11.3 Å². The van der Waals surface area contributed by atoms with E-state index in [1.54, 1.807) is 12.3 Å². The van der Waals surface area contributed by atoms with E-state index < -0.39 is 5.91 Å². The van der Waals surface area contributed by atoms with E-state index in [0.29, 0.717) is 17.1 Å². The van der Waals surface area contributed by atoms with Crippen LogP contribution in [0.2, 0.25) is 0 Å². The lowest BCUT2D eigenvalue weighted by Crippen LogP contribution is -2.17. The molecule has 0 saturated carbocycles. The third kappa shape index (κ3) is 2.30. The summed E-state index contributed by atoms with van der Waals surface area (Å²) in [5, 5.41) is 0.893. The maximum absolute atomic E-state index is 11.1. The molecule has 0 saturated heterocycles. The number of nitrogen functional groups attached to an aromatic ring is 1. The Labute approximate surface area is 109 Å². The normalized spacial score (nSPS) is 10.6. The first-order chi connectivity index (χ1) is 8.49. The van der Waals surface area contributed by atoms with E-state index in [4.69, 9.17) is 11.5 Å². The number of amides is 1. The summed E-state index contributed by atoms with van der Waals surface area (Å²) in [5.74, 6) is 0.444. The number of nitrogens with zero attached hydrogens (tertiary/aromatic N) is 3. The smallest absolute Gasteiger partial charge is 0.260 e. The second kappa shape index (κ2) is 4.69. The van der Waals surface area contributed by atoms with Crippen LogP contribution < -0.4 is 16.4 Å². The van der Waals surface area contributed by atoms with Gasteiger partial charge in [-0.05, 0) is 6.07 Å². The first kappa shape index (κ1) is 12.4. The molecule has 7 heteroatoms. The monoisotopic (exact) mass is 265 g/mol. The Morgan fingerprint density at radius 1 is 1.61 bits per heavy atom. The van der Waals surface area contributed by atoms with Crippen molar-refractivity contribution in [3.63, 3.8) is 0 Å². The predicted molar refractivity (Wildman–Crippen MR) is 72.6 cm³/mol. The largest absolute Gasteiger partial charge is 0.397 e. The first-order valence-electron chi connectivity index (χ1n) is 5.35. The van der Waals surface area contributed by atoms with Crippen molar-refractivity contribution >= 4 is 27.9 Å². The Bertz CT molecular complexity index is 574. The fourth-order valence-electron chi connectivity index (χ4n) is 1.61. The molecule has 0 aliphatic carbocycles. The maximum Gasteiger partial charge on any atom is 0.260 e. The molecule has 0 aliphatic heterocycles. The van der Waals surface area contributed by atoms with Crippen molar-refractivity contribution in [3.05, 3.63) is 29.2 Å². The van der Waals surface area contributed by atoms with Gasteiger partial charge >= 0.3 is 0 Å². The number of carbonyl (C=O) groups is 1. The van der Waals surface area contributed by atoms with Crippen LogP contribution >= 0.6 is 11.3 Å². The fourth-order valence-corrected chi connectivity index (χ4v) is 2.50. The van der Waals surface area contributed by atoms with E-state index in [1.165, 1.54) is 11.3 Å². The summed E-state index contributed by atoms with van der Waals surface area (Å²) in [5.41, 5.74) is 11.4. The molecular weight excluding hydrogens is 250 g/mol. The van der Waals surface area contributed by atoms with Gasteiger partial charge in [-0.2, -0.15) is 0 Å². The van der Waals surface area contributed by atoms with Crippen LogP contribution in [0.15, 0.2) is 18.5 Å². The summed E-state index contributed by atoms with van der Waals surface area (Å²) in [7, 11) is 3.86. The summed E-state index contributed by atoms with van der Waals surface area (Å²) >= 11 is 1.29. The molecule has 0 unspecified atom stereocenters. The average Bonchev–Trinajstić information content (AvgIpc) is 2.86. The fraction of sp³-hybridized carbons (Fsp3) is 0.273. The Morgan fingerprint density at radius 2 is 2.33 bits per heavy atom. The third-order valence-corrected chi connectivity index (χ3v) is 3.93. The van der Waals surface area contributed by atoms with Crippen LogP contribution in [-0.4, -0.2) is 22.5 Å². The quantitative estimate of drug-likeness (QED) is 0.855. The lowest BCUT2D eigenvalue weighted by molar-refractivity contribution is 0.100. The highest BCUT2D eigenvalue weighted by atomic mass is 32.1. The van der Waals surface area contributed by atoms with E-state index in [0.717, 1.165) is 10.8 Å². The Balaban J connectivity index is 2.19. The minimum atomic E-state index is -0.492. The average molecular weight is 265 g/mol. The van der Waals surface area contributed by atoms with Gasteiger partial charge in [0.25, 0.3) is 5.91 Å². The Morgan fingerprint density at radius 3 is 2.83 bits per heavy atom. The predicted octanol–water partition coefficient (Wildman–Crippen LogP) is 0.799. The van der Waals surface area contributed by atoms with Crippen molar-refractivity contribution < 1.29 is 4.79 Å². The van der Waals surface area contributed by atoms with Crippen molar-refractivity contribution in [2.45, 2.75) is 6.54 Å². The number of carbonyl (C=O) groups excluding carboxylic acids is 1. The number of hydrogen-bond donors (Lipinski definition) is 2. The molecule has 0 bridgehead atoms. The third-order valence-electron chi connectivity index (χ3n) is 2.65. The number of rotatable bonds is 4. The van der Waals surface area contributed by atoms with E-state index in [9.17, 15) is 4.79 Å².